The summed E-state index contributed by atoms with van der Waals surface area (Å²) in [7, 11) is -0.305. The Bertz CT molecular complexity index is 691. The fourth-order valence-corrected chi connectivity index (χ4v) is 4.60. The van der Waals surface area contributed by atoms with Gasteiger partial charge in [-0.25, -0.2) is 22.7 Å². The molecule has 8 nitrogen and oxygen atoms in total. The zero-order chi connectivity index (χ0) is 18.0. The Morgan fingerprint density at radius 1 is 1.12 bits per heavy atom. The van der Waals surface area contributed by atoms with E-state index < -0.39 is 16.1 Å². The third-order valence-electron chi connectivity index (χ3n) is 5.03. The van der Waals surface area contributed by atoms with Gasteiger partial charge in [-0.2, -0.15) is 0 Å². The molecule has 0 bridgehead atoms. The summed E-state index contributed by atoms with van der Waals surface area (Å²) in [5, 5.41) is 10.3. The normalized spacial score (nSPS) is 25.0. The number of β-amino-alcohol motifs (C(OH)–C–C–N with tert-alkyl or cyclic N) is 1. The van der Waals surface area contributed by atoms with Gasteiger partial charge >= 0.3 is 0 Å². The molecule has 0 spiro atoms. The van der Waals surface area contributed by atoms with Gasteiger partial charge < -0.3 is 14.9 Å². The van der Waals surface area contributed by atoms with Crippen molar-refractivity contribution in [2.24, 2.45) is 5.92 Å². The van der Waals surface area contributed by atoms with E-state index in [9.17, 15) is 13.5 Å². The summed E-state index contributed by atoms with van der Waals surface area (Å²) < 4.78 is 25.4. The van der Waals surface area contributed by atoms with Crippen LogP contribution in [0, 0.1) is 5.92 Å². The topological polar surface area (TPSA) is 89.9 Å². The van der Waals surface area contributed by atoms with Gasteiger partial charge in [0.05, 0.1) is 11.9 Å². The number of rotatable bonds is 5. The van der Waals surface area contributed by atoms with Crippen molar-refractivity contribution in [1.29, 1.82) is 0 Å². The van der Waals surface area contributed by atoms with Crippen LogP contribution in [0.1, 0.15) is 19.3 Å². The number of aliphatic hydroxyl groups is 1. The van der Waals surface area contributed by atoms with E-state index in [0.717, 1.165) is 24.7 Å². The first kappa shape index (κ1) is 18.3. The van der Waals surface area contributed by atoms with Crippen LogP contribution in [0.4, 0.5) is 11.6 Å². The lowest BCUT2D eigenvalue weighted by Gasteiger charge is -2.28. The van der Waals surface area contributed by atoms with E-state index >= 15 is 0 Å². The Kier molecular flexibility index (Phi) is 5.45. The molecule has 2 saturated heterocycles. The lowest BCUT2D eigenvalue weighted by molar-refractivity contribution is 0.157. The third-order valence-corrected chi connectivity index (χ3v) is 6.99. The monoisotopic (exact) mass is 369 g/mol. The molecule has 2 atom stereocenters. The maximum Gasteiger partial charge on any atom is 0.214 e. The fourth-order valence-electron chi connectivity index (χ4n) is 3.43. The van der Waals surface area contributed by atoms with Gasteiger partial charge in [0.1, 0.15) is 18.0 Å². The zero-order valence-corrected chi connectivity index (χ0v) is 15.7. The molecule has 2 fully saturated rings. The Morgan fingerprint density at radius 3 is 2.40 bits per heavy atom. The van der Waals surface area contributed by atoms with Crippen molar-refractivity contribution in [2.75, 3.05) is 55.8 Å². The summed E-state index contributed by atoms with van der Waals surface area (Å²) in [6.07, 6.45) is 4.48. The van der Waals surface area contributed by atoms with Crippen molar-refractivity contribution in [3.8, 4) is 0 Å². The van der Waals surface area contributed by atoms with Crippen LogP contribution in [-0.2, 0) is 10.0 Å². The summed E-state index contributed by atoms with van der Waals surface area (Å²) in [5.41, 5.74) is 0. The number of sulfonamides is 1. The molecule has 0 amide bonds. The van der Waals surface area contributed by atoms with Crippen LogP contribution in [0.2, 0.25) is 0 Å². The van der Waals surface area contributed by atoms with Gasteiger partial charge in [0.2, 0.25) is 10.0 Å². The second kappa shape index (κ2) is 7.43. The minimum Gasteiger partial charge on any atom is -0.391 e. The zero-order valence-electron chi connectivity index (χ0n) is 14.9. The third kappa shape index (κ3) is 4.21. The van der Waals surface area contributed by atoms with Gasteiger partial charge in [-0.3, -0.25) is 0 Å². The van der Waals surface area contributed by atoms with Crippen molar-refractivity contribution >= 4 is 21.7 Å². The number of hydrogen-bond acceptors (Lipinski definition) is 7. The van der Waals surface area contributed by atoms with Crippen LogP contribution in [0.25, 0.3) is 0 Å². The smallest absolute Gasteiger partial charge is 0.214 e. The largest absolute Gasteiger partial charge is 0.391 e. The molecule has 0 saturated carbocycles. The average Bonchev–Trinajstić information content (AvgIpc) is 2.96. The molecule has 1 N–H and O–H groups in total. The summed E-state index contributed by atoms with van der Waals surface area (Å²) in [4.78, 5) is 12.9. The van der Waals surface area contributed by atoms with Gasteiger partial charge in [0, 0.05) is 52.3 Å². The van der Waals surface area contributed by atoms with E-state index in [4.69, 9.17) is 0 Å². The average molecular weight is 369 g/mol. The van der Waals surface area contributed by atoms with Crippen molar-refractivity contribution < 1.29 is 13.5 Å². The lowest BCUT2D eigenvalue weighted by atomic mass is 10.1. The lowest BCUT2D eigenvalue weighted by Crippen LogP contribution is -2.33. The first-order valence-electron chi connectivity index (χ1n) is 8.77. The molecule has 9 heteroatoms. The Morgan fingerprint density at radius 2 is 1.76 bits per heavy atom. The second-order valence-electron chi connectivity index (χ2n) is 7.08. The number of anilines is 2. The molecule has 1 aromatic heterocycles. The highest BCUT2D eigenvalue weighted by molar-refractivity contribution is 7.89. The number of aliphatic hydroxyl groups excluding tert-OH is 1. The summed E-state index contributed by atoms with van der Waals surface area (Å²) in [6, 6.07) is 1.95. The van der Waals surface area contributed by atoms with Crippen LogP contribution in [0.15, 0.2) is 12.4 Å². The van der Waals surface area contributed by atoms with Crippen LogP contribution in [0.3, 0.4) is 0 Å². The minimum atomic E-state index is -3.34. The molecule has 0 aliphatic carbocycles. The highest BCUT2D eigenvalue weighted by Crippen LogP contribution is 2.27. The molecule has 3 heterocycles. The van der Waals surface area contributed by atoms with Crippen molar-refractivity contribution in [3.05, 3.63) is 12.4 Å². The van der Waals surface area contributed by atoms with E-state index in [2.05, 4.69) is 14.9 Å². The van der Waals surface area contributed by atoms with Crippen molar-refractivity contribution in [3.63, 3.8) is 0 Å². The molecule has 2 aliphatic heterocycles. The molecular formula is C16H27N5O3S. The van der Waals surface area contributed by atoms with E-state index in [1.165, 1.54) is 37.7 Å². The molecule has 25 heavy (non-hydrogen) atoms. The quantitative estimate of drug-likeness (QED) is 0.790. The molecule has 140 valence electrons. The predicted octanol–water partition coefficient (Wildman–Crippen LogP) is 0.155. The number of hydrogen-bond donors (Lipinski definition) is 1. The summed E-state index contributed by atoms with van der Waals surface area (Å²) >= 11 is 0. The SMILES string of the molecule is CN(C)S(=O)(=O)C[C@@H]1CN(c2cc(N3CCCCC3)ncn2)C[C@@H]1O. The first-order valence-corrected chi connectivity index (χ1v) is 10.4. The van der Waals surface area contributed by atoms with Crippen LogP contribution < -0.4 is 9.80 Å². The van der Waals surface area contributed by atoms with Gasteiger partial charge in [-0.05, 0) is 19.3 Å². The maximum absolute atomic E-state index is 12.1. The minimum absolute atomic E-state index is 0.0538. The van der Waals surface area contributed by atoms with Crippen LogP contribution in [0.5, 0.6) is 0 Å². The van der Waals surface area contributed by atoms with Crippen molar-refractivity contribution in [2.45, 2.75) is 25.4 Å². The van der Waals surface area contributed by atoms with E-state index in [0.29, 0.717) is 13.1 Å². The Labute approximate surface area is 149 Å². The molecular weight excluding hydrogens is 342 g/mol. The summed E-state index contributed by atoms with van der Waals surface area (Å²) in [6.45, 7) is 2.88. The predicted molar refractivity (Wildman–Crippen MR) is 97.3 cm³/mol. The molecule has 1 aromatic rings. The van der Waals surface area contributed by atoms with Gasteiger partial charge in [0.15, 0.2) is 0 Å². The van der Waals surface area contributed by atoms with Crippen LogP contribution in [-0.4, -0.2) is 79.9 Å². The molecule has 2 aliphatic rings. The first-order chi connectivity index (χ1) is 11.9. The standard InChI is InChI=1S/C16H27N5O3S/c1-19(2)25(23,24)11-13-9-21(10-14(13)22)16-8-15(17-12-18-16)20-6-4-3-5-7-20/h8,12-14,22H,3-7,9-11H2,1-2H3/t13-,14-/m0/s1. The van der Waals surface area contributed by atoms with E-state index in [-0.39, 0.29) is 11.7 Å². The second-order valence-corrected chi connectivity index (χ2v) is 9.30. The maximum atomic E-state index is 12.1. The number of nitrogens with zero attached hydrogens (tertiary/aromatic N) is 5. The molecule has 0 radical (unpaired) electrons. The van der Waals surface area contributed by atoms with E-state index in [1.54, 1.807) is 6.33 Å². The van der Waals surface area contributed by atoms with Gasteiger partial charge in [0.25, 0.3) is 0 Å². The Hall–Kier alpha value is -1.45. The molecule has 0 unspecified atom stereocenters. The van der Waals surface area contributed by atoms with E-state index in [1.807, 2.05) is 11.0 Å². The Balaban J connectivity index is 1.70. The van der Waals surface area contributed by atoms with Crippen LogP contribution >= 0.6 is 0 Å². The van der Waals surface area contributed by atoms with Gasteiger partial charge in [-0.1, -0.05) is 0 Å². The number of aromatic nitrogens is 2. The van der Waals surface area contributed by atoms with Gasteiger partial charge in [-0.15, -0.1) is 0 Å². The number of piperidine rings is 1. The highest BCUT2D eigenvalue weighted by Gasteiger charge is 2.36. The highest BCUT2D eigenvalue weighted by atomic mass is 32.2. The molecule has 0 aromatic carbocycles. The van der Waals surface area contributed by atoms with Crippen molar-refractivity contribution in [1.82, 2.24) is 14.3 Å². The fraction of sp³-hybridized carbons (Fsp3) is 0.750. The summed E-state index contributed by atoms with van der Waals surface area (Å²) in [5.74, 6) is 1.28. The molecule has 3 rings (SSSR count).